The molecule has 0 saturated carbocycles. The summed E-state index contributed by atoms with van der Waals surface area (Å²) >= 11 is 0. The molecule has 0 radical (unpaired) electrons. The first kappa shape index (κ1) is 13.1. The lowest BCUT2D eigenvalue weighted by Crippen LogP contribution is -2.45. The number of likely N-dealkylation sites (N-methyl/N-ethyl adjacent to an activating group) is 1. The minimum atomic E-state index is -0.258. The highest BCUT2D eigenvalue weighted by Gasteiger charge is 2.12. The van der Waals surface area contributed by atoms with Crippen LogP contribution in [0.5, 0.6) is 0 Å². The van der Waals surface area contributed by atoms with Crippen molar-refractivity contribution in [3.63, 3.8) is 0 Å². The topological polar surface area (TPSA) is 44.5 Å². The Morgan fingerprint density at radius 2 is 2.00 bits per heavy atom. The Balaban J connectivity index is 1.76. The fraction of sp³-hybridized carbons (Fsp3) is 0.538. The molecule has 0 bridgehead atoms. The van der Waals surface area contributed by atoms with E-state index in [9.17, 15) is 4.39 Å². The molecule has 2 rings (SSSR count). The number of hydrogen-bond acceptors (Lipinski definition) is 4. The first-order valence-electron chi connectivity index (χ1n) is 6.35. The lowest BCUT2D eigenvalue weighted by atomic mass is 10.2. The summed E-state index contributed by atoms with van der Waals surface area (Å²) in [5.41, 5.74) is 7.05. The quantitative estimate of drug-likeness (QED) is 0.787. The second-order valence-electron chi connectivity index (χ2n) is 4.80. The molecule has 1 aromatic rings. The third-order valence-electron chi connectivity index (χ3n) is 3.35. The Labute approximate surface area is 108 Å². The van der Waals surface area contributed by atoms with Crippen molar-refractivity contribution in [2.75, 3.05) is 57.4 Å². The van der Waals surface area contributed by atoms with Crippen LogP contribution in [0.3, 0.4) is 0 Å². The van der Waals surface area contributed by atoms with Crippen molar-refractivity contribution < 1.29 is 4.39 Å². The van der Waals surface area contributed by atoms with Crippen LogP contribution in [0, 0.1) is 5.82 Å². The highest BCUT2D eigenvalue weighted by atomic mass is 19.1. The van der Waals surface area contributed by atoms with Crippen molar-refractivity contribution in [2.24, 2.45) is 0 Å². The predicted molar refractivity (Wildman–Crippen MR) is 73.2 cm³/mol. The molecule has 3 N–H and O–H groups in total. The van der Waals surface area contributed by atoms with Gasteiger partial charge in [0, 0.05) is 39.3 Å². The summed E-state index contributed by atoms with van der Waals surface area (Å²) in [5.74, 6) is -0.258. The van der Waals surface area contributed by atoms with Crippen LogP contribution in [0.4, 0.5) is 15.8 Å². The molecule has 0 amide bonds. The number of halogens is 1. The van der Waals surface area contributed by atoms with Crippen molar-refractivity contribution >= 4 is 11.4 Å². The van der Waals surface area contributed by atoms with Gasteiger partial charge in [0.1, 0.15) is 5.82 Å². The van der Waals surface area contributed by atoms with Crippen LogP contribution in [0.2, 0.25) is 0 Å². The minimum Gasteiger partial charge on any atom is -0.397 e. The van der Waals surface area contributed by atoms with Crippen LogP contribution < -0.4 is 11.1 Å². The number of benzene rings is 1. The van der Waals surface area contributed by atoms with Crippen molar-refractivity contribution in [3.05, 3.63) is 24.0 Å². The molecule has 0 unspecified atom stereocenters. The van der Waals surface area contributed by atoms with Gasteiger partial charge in [-0.2, -0.15) is 0 Å². The van der Waals surface area contributed by atoms with E-state index >= 15 is 0 Å². The van der Waals surface area contributed by atoms with Crippen molar-refractivity contribution in [1.29, 1.82) is 0 Å². The fourth-order valence-electron chi connectivity index (χ4n) is 2.10. The normalized spacial score (nSPS) is 17.9. The average molecular weight is 252 g/mol. The molecular weight excluding hydrogens is 231 g/mol. The molecular formula is C13H21FN4. The molecule has 1 saturated heterocycles. The maximum atomic E-state index is 13.1. The summed E-state index contributed by atoms with van der Waals surface area (Å²) < 4.78 is 13.1. The standard InChI is InChI=1S/C13H21FN4/c1-17-6-8-18(9-7-17)5-4-16-13-10-11(14)2-3-12(13)15/h2-3,10,16H,4-9,15H2,1H3. The van der Waals surface area contributed by atoms with Crippen LogP contribution in [0.25, 0.3) is 0 Å². The van der Waals surface area contributed by atoms with Gasteiger partial charge in [-0.3, -0.25) is 4.90 Å². The van der Waals surface area contributed by atoms with E-state index in [0.29, 0.717) is 11.4 Å². The van der Waals surface area contributed by atoms with Gasteiger partial charge in [-0.25, -0.2) is 4.39 Å². The van der Waals surface area contributed by atoms with Crippen molar-refractivity contribution in [2.45, 2.75) is 0 Å². The summed E-state index contributed by atoms with van der Waals surface area (Å²) in [4.78, 5) is 4.73. The lowest BCUT2D eigenvalue weighted by molar-refractivity contribution is 0.158. The van der Waals surface area contributed by atoms with Gasteiger partial charge in [0.05, 0.1) is 11.4 Å². The van der Waals surface area contributed by atoms with Gasteiger partial charge in [-0.1, -0.05) is 0 Å². The number of piperazine rings is 1. The number of nitrogens with zero attached hydrogens (tertiary/aromatic N) is 2. The Kier molecular flexibility index (Phi) is 4.38. The van der Waals surface area contributed by atoms with Crippen LogP contribution in [0.15, 0.2) is 18.2 Å². The largest absolute Gasteiger partial charge is 0.397 e. The number of nitrogens with two attached hydrogens (primary N) is 1. The number of hydrogen-bond donors (Lipinski definition) is 2. The van der Waals surface area contributed by atoms with E-state index in [1.165, 1.54) is 12.1 Å². The average Bonchev–Trinajstić information content (AvgIpc) is 2.36. The highest BCUT2D eigenvalue weighted by Crippen LogP contribution is 2.18. The second kappa shape index (κ2) is 6.02. The molecule has 1 aliphatic rings. The zero-order valence-corrected chi connectivity index (χ0v) is 10.8. The summed E-state index contributed by atoms with van der Waals surface area (Å²) in [6, 6.07) is 4.41. The van der Waals surface area contributed by atoms with E-state index in [2.05, 4.69) is 22.2 Å². The molecule has 100 valence electrons. The summed E-state index contributed by atoms with van der Waals surface area (Å²) in [6.45, 7) is 6.17. The summed E-state index contributed by atoms with van der Waals surface area (Å²) in [5, 5.41) is 3.19. The Hall–Kier alpha value is -1.33. The number of anilines is 2. The second-order valence-corrected chi connectivity index (χ2v) is 4.80. The van der Waals surface area contributed by atoms with Crippen LogP contribution in [-0.2, 0) is 0 Å². The third-order valence-corrected chi connectivity index (χ3v) is 3.35. The Morgan fingerprint density at radius 1 is 1.28 bits per heavy atom. The molecule has 1 aromatic carbocycles. The zero-order valence-electron chi connectivity index (χ0n) is 10.8. The number of nitrogen functional groups attached to an aromatic ring is 1. The maximum Gasteiger partial charge on any atom is 0.125 e. The van der Waals surface area contributed by atoms with Gasteiger partial charge in [-0.15, -0.1) is 0 Å². The third kappa shape index (κ3) is 3.58. The van der Waals surface area contributed by atoms with Crippen molar-refractivity contribution in [1.82, 2.24) is 9.80 Å². The Morgan fingerprint density at radius 3 is 2.72 bits per heavy atom. The molecule has 5 heteroatoms. The molecule has 4 nitrogen and oxygen atoms in total. The van der Waals surface area contributed by atoms with Gasteiger partial charge >= 0.3 is 0 Å². The van der Waals surface area contributed by atoms with Crippen LogP contribution in [0.1, 0.15) is 0 Å². The van der Waals surface area contributed by atoms with Gasteiger partial charge < -0.3 is 16.0 Å². The SMILES string of the molecule is CN1CCN(CCNc2cc(F)ccc2N)CC1. The molecule has 0 spiro atoms. The van der Waals surface area contributed by atoms with E-state index in [4.69, 9.17) is 5.73 Å². The van der Waals surface area contributed by atoms with Gasteiger partial charge in [0.2, 0.25) is 0 Å². The van der Waals surface area contributed by atoms with Crippen LogP contribution >= 0.6 is 0 Å². The predicted octanol–water partition coefficient (Wildman–Crippen LogP) is 1.07. The van der Waals surface area contributed by atoms with E-state index in [1.807, 2.05) is 0 Å². The molecule has 0 atom stereocenters. The highest BCUT2D eigenvalue weighted by molar-refractivity contribution is 5.65. The number of nitrogens with one attached hydrogen (secondary N) is 1. The van der Waals surface area contributed by atoms with E-state index in [-0.39, 0.29) is 5.82 Å². The lowest BCUT2D eigenvalue weighted by Gasteiger charge is -2.32. The smallest absolute Gasteiger partial charge is 0.125 e. The van der Waals surface area contributed by atoms with E-state index in [1.54, 1.807) is 6.07 Å². The minimum absolute atomic E-state index is 0.258. The first-order chi connectivity index (χ1) is 8.65. The summed E-state index contributed by atoms with van der Waals surface area (Å²) in [6.07, 6.45) is 0. The van der Waals surface area contributed by atoms with Gasteiger partial charge in [0.15, 0.2) is 0 Å². The fourth-order valence-corrected chi connectivity index (χ4v) is 2.10. The first-order valence-corrected chi connectivity index (χ1v) is 6.35. The van der Waals surface area contributed by atoms with Gasteiger partial charge in [0.25, 0.3) is 0 Å². The molecule has 1 heterocycles. The summed E-state index contributed by atoms with van der Waals surface area (Å²) in [7, 11) is 2.14. The van der Waals surface area contributed by atoms with Crippen molar-refractivity contribution in [3.8, 4) is 0 Å². The molecule has 1 aliphatic heterocycles. The molecule has 1 fully saturated rings. The monoisotopic (exact) mass is 252 g/mol. The Bertz CT molecular complexity index is 389. The number of rotatable bonds is 4. The van der Waals surface area contributed by atoms with Gasteiger partial charge in [-0.05, 0) is 25.2 Å². The van der Waals surface area contributed by atoms with E-state index < -0.39 is 0 Å². The van der Waals surface area contributed by atoms with E-state index in [0.717, 1.165) is 39.3 Å². The van der Waals surface area contributed by atoms with Crippen LogP contribution in [-0.4, -0.2) is 56.1 Å². The zero-order chi connectivity index (χ0) is 13.0. The molecule has 18 heavy (non-hydrogen) atoms. The molecule has 0 aromatic heterocycles. The maximum absolute atomic E-state index is 13.1. The molecule has 0 aliphatic carbocycles.